The van der Waals surface area contributed by atoms with Crippen LogP contribution in [-0.4, -0.2) is 11.1 Å². The summed E-state index contributed by atoms with van der Waals surface area (Å²) in [6, 6.07) is 8.71. The van der Waals surface area contributed by atoms with Crippen LogP contribution in [0.4, 0.5) is 5.69 Å². The number of aliphatic hydroxyl groups is 1. The van der Waals surface area contributed by atoms with Crippen LogP contribution in [0, 0.1) is 11.8 Å². The van der Waals surface area contributed by atoms with E-state index < -0.39 is 6.10 Å². The van der Waals surface area contributed by atoms with E-state index in [0.717, 1.165) is 23.1 Å². The van der Waals surface area contributed by atoms with Crippen molar-refractivity contribution in [2.24, 2.45) is 11.8 Å². The second-order valence-electron chi connectivity index (χ2n) is 6.77. The highest BCUT2D eigenvalue weighted by Crippen LogP contribution is 2.32. The topological polar surface area (TPSA) is 32.3 Å². The maximum atomic E-state index is 9.86. The summed E-state index contributed by atoms with van der Waals surface area (Å²) in [6.07, 6.45) is 6.17. The molecule has 1 fully saturated rings. The number of hydrogen-bond acceptors (Lipinski definition) is 2. The highest BCUT2D eigenvalue weighted by Gasteiger charge is 2.23. The van der Waals surface area contributed by atoms with Crippen LogP contribution in [0.5, 0.6) is 0 Å². The first kappa shape index (κ1) is 15.4. The highest BCUT2D eigenvalue weighted by molar-refractivity contribution is 5.52. The first-order valence-electron chi connectivity index (χ1n) is 8.09. The van der Waals surface area contributed by atoms with Gasteiger partial charge in [-0.25, -0.2) is 0 Å². The molecule has 1 saturated carbocycles. The summed E-state index contributed by atoms with van der Waals surface area (Å²) in [5, 5.41) is 13.5. The van der Waals surface area contributed by atoms with E-state index in [1.165, 1.54) is 32.1 Å². The normalized spacial score (nSPS) is 24.6. The van der Waals surface area contributed by atoms with E-state index in [4.69, 9.17) is 0 Å². The molecule has 0 heterocycles. The third-order valence-electron chi connectivity index (χ3n) is 4.36. The Bertz CT molecular complexity index is 414. The predicted molar refractivity (Wildman–Crippen MR) is 85.9 cm³/mol. The SMILES string of the molecule is CC(C)CC1CCCC(Nc2ccccc2C(C)O)C1. The van der Waals surface area contributed by atoms with Crippen molar-refractivity contribution in [3.05, 3.63) is 29.8 Å². The molecule has 1 aromatic rings. The number of para-hydroxylation sites is 1. The Labute approximate surface area is 123 Å². The number of hydrogen-bond donors (Lipinski definition) is 2. The molecule has 3 atom stereocenters. The van der Waals surface area contributed by atoms with Gasteiger partial charge in [0.05, 0.1) is 6.10 Å². The van der Waals surface area contributed by atoms with E-state index in [1.54, 1.807) is 0 Å². The maximum absolute atomic E-state index is 9.86. The molecule has 3 unspecified atom stereocenters. The van der Waals surface area contributed by atoms with Gasteiger partial charge in [-0.3, -0.25) is 0 Å². The van der Waals surface area contributed by atoms with Gasteiger partial charge >= 0.3 is 0 Å². The Morgan fingerprint density at radius 2 is 1.95 bits per heavy atom. The third-order valence-corrected chi connectivity index (χ3v) is 4.36. The molecule has 0 amide bonds. The smallest absolute Gasteiger partial charge is 0.0781 e. The third kappa shape index (κ3) is 4.24. The summed E-state index contributed by atoms with van der Waals surface area (Å²) in [4.78, 5) is 0. The largest absolute Gasteiger partial charge is 0.389 e. The minimum atomic E-state index is -0.409. The van der Waals surface area contributed by atoms with Crippen LogP contribution < -0.4 is 5.32 Å². The Morgan fingerprint density at radius 1 is 1.20 bits per heavy atom. The van der Waals surface area contributed by atoms with Crippen molar-refractivity contribution in [1.82, 2.24) is 0 Å². The lowest BCUT2D eigenvalue weighted by Crippen LogP contribution is -2.28. The number of rotatable bonds is 5. The summed E-state index contributed by atoms with van der Waals surface area (Å²) in [5.74, 6) is 1.66. The zero-order valence-electron chi connectivity index (χ0n) is 13.1. The second kappa shape index (κ2) is 7.12. The Balaban J connectivity index is 1.99. The average molecular weight is 275 g/mol. The van der Waals surface area contributed by atoms with Gasteiger partial charge in [0, 0.05) is 17.3 Å². The van der Waals surface area contributed by atoms with Crippen LogP contribution in [-0.2, 0) is 0 Å². The molecular formula is C18H29NO. The standard InChI is InChI=1S/C18H29NO/c1-13(2)11-15-7-6-8-16(12-15)19-18-10-5-4-9-17(18)14(3)20/h4-5,9-10,13-16,19-20H,6-8,11-12H2,1-3H3. The van der Waals surface area contributed by atoms with Gasteiger partial charge in [0.2, 0.25) is 0 Å². The number of benzene rings is 1. The molecule has 112 valence electrons. The van der Waals surface area contributed by atoms with E-state index in [9.17, 15) is 5.11 Å². The van der Waals surface area contributed by atoms with Crippen LogP contribution in [0.25, 0.3) is 0 Å². The Hall–Kier alpha value is -1.02. The molecule has 2 rings (SSSR count). The minimum Gasteiger partial charge on any atom is -0.389 e. The zero-order chi connectivity index (χ0) is 14.5. The quantitative estimate of drug-likeness (QED) is 0.812. The van der Waals surface area contributed by atoms with Gasteiger partial charge in [0.1, 0.15) is 0 Å². The van der Waals surface area contributed by atoms with Crippen LogP contribution in [0.15, 0.2) is 24.3 Å². The monoisotopic (exact) mass is 275 g/mol. The molecule has 2 heteroatoms. The molecule has 0 saturated heterocycles. The molecule has 0 aromatic heterocycles. The molecule has 0 aliphatic heterocycles. The van der Waals surface area contributed by atoms with Gasteiger partial charge in [-0.1, -0.05) is 44.9 Å². The van der Waals surface area contributed by atoms with Crippen molar-refractivity contribution in [2.75, 3.05) is 5.32 Å². The summed E-state index contributed by atoms with van der Waals surface area (Å²) < 4.78 is 0. The van der Waals surface area contributed by atoms with Crippen LogP contribution in [0.1, 0.15) is 64.5 Å². The first-order chi connectivity index (χ1) is 9.56. The Morgan fingerprint density at radius 3 is 2.65 bits per heavy atom. The van der Waals surface area contributed by atoms with Crippen molar-refractivity contribution in [1.29, 1.82) is 0 Å². The van der Waals surface area contributed by atoms with E-state index in [0.29, 0.717) is 6.04 Å². The average Bonchev–Trinajstić information content (AvgIpc) is 2.38. The van der Waals surface area contributed by atoms with E-state index in [1.807, 2.05) is 25.1 Å². The fraction of sp³-hybridized carbons (Fsp3) is 0.667. The van der Waals surface area contributed by atoms with Crippen molar-refractivity contribution in [3.8, 4) is 0 Å². The van der Waals surface area contributed by atoms with Gasteiger partial charge in [0.25, 0.3) is 0 Å². The first-order valence-corrected chi connectivity index (χ1v) is 8.09. The molecule has 0 radical (unpaired) electrons. The van der Waals surface area contributed by atoms with Gasteiger partial charge in [0.15, 0.2) is 0 Å². The van der Waals surface area contributed by atoms with Crippen LogP contribution in [0.2, 0.25) is 0 Å². The maximum Gasteiger partial charge on any atom is 0.0781 e. The Kier molecular flexibility index (Phi) is 5.47. The van der Waals surface area contributed by atoms with Crippen molar-refractivity contribution in [3.63, 3.8) is 0 Å². The molecular weight excluding hydrogens is 246 g/mol. The molecule has 1 aliphatic carbocycles. The lowest BCUT2D eigenvalue weighted by atomic mass is 9.81. The second-order valence-corrected chi connectivity index (χ2v) is 6.77. The summed E-state index contributed by atoms with van der Waals surface area (Å²) in [7, 11) is 0. The number of nitrogens with one attached hydrogen (secondary N) is 1. The predicted octanol–water partition coefficient (Wildman–Crippen LogP) is 4.76. The summed E-state index contributed by atoms with van der Waals surface area (Å²) in [5.41, 5.74) is 2.12. The lowest BCUT2D eigenvalue weighted by Gasteiger charge is -2.32. The molecule has 0 spiro atoms. The van der Waals surface area contributed by atoms with E-state index in [-0.39, 0.29) is 0 Å². The summed E-state index contributed by atoms with van der Waals surface area (Å²) in [6.45, 7) is 6.47. The fourth-order valence-corrected chi connectivity index (χ4v) is 3.52. The fourth-order valence-electron chi connectivity index (χ4n) is 3.52. The van der Waals surface area contributed by atoms with Crippen molar-refractivity contribution >= 4 is 5.69 Å². The van der Waals surface area contributed by atoms with Gasteiger partial charge in [-0.05, 0) is 44.1 Å². The van der Waals surface area contributed by atoms with Crippen molar-refractivity contribution < 1.29 is 5.11 Å². The number of anilines is 1. The molecule has 2 N–H and O–H groups in total. The summed E-state index contributed by atoms with van der Waals surface area (Å²) >= 11 is 0. The van der Waals surface area contributed by atoms with Crippen molar-refractivity contribution in [2.45, 2.75) is 65.0 Å². The van der Waals surface area contributed by atoms with Gasteiger partial charge in [-0.15, -0.1) is 0 Å². The molecule has 1 aromatic carbocycles. The van der Waals surface area contributed by atoms with Crippen LogP contribution in [0.3, 0.4) is 0 Å². The molecule has 2 nitrogen and oxygen atoms in total. The number of aliphatic hydroxyl groups excluding tert-OH is 1. The highest BCUT2D eigenvalue weighted by atomic mass is 16.3. The van der Waals surface area contributed by atoms with Gasteiger partial charge in [-0.2, -0.15) is 0 Å². The lowest BCUT2D eigenvalue weighted by molar-refractivity contribution is 0.199. The van der Waals surface area contributed by atoms with Gasteiger partial charge < -0.3 is 10.4 Å². The molecule has 1 aliphatic rings. The van der Waals surface area contributed by atoms with Crippen LogP contribution >= 0.6 is 0 Å². The zero-order valence-corrected chi connectivity index (χ0v) is 13.1. The molecule has 0 bridgehead atoms. The van der Waals surface area contributed by atoms with E-state index in [2.05, 4.69) is 25.2 Å². The minimum absolute atomic E-state index is 0.409. The van der Waals surface area contributed by atoms with E-state index >= 15 is 0 Å². The molecule has 20 heavy (non-hydrogen) atoms.